The number of rotatable bonds is 9. The van der Waals surface area contributed by atoms with Crippen molar-refractivity contribution < 1.29 is 19.0 Å². The Kier molecular flexibility index (Phi) is 10.00. The van der Waals surface area contributed by atoms with Gasteiger partial charge in [-0.2, -0.15) is 0 Å². The number of thiazole rings is 1. The molecule has 44 heavy (non-hydrogen) atoms. The van der Waals surface area contributed by atoms with Gasteiger partial charge in [0.15, 0.2) is 16.3 Å². The van der Waals surface area contributed by atoms with Crippen LogP contribution in [0.5, 0.6) is 11.5 Å². The first-order valence-electron chi connectivity index (χ1n) is 13.9. The average molecular weight is 716 g/mol. The number of aryl methyl sites for hydroxylation is 1. The van der Waals surface area contributed by atoms with Gasteiger partial charge in [0.2, 0.25) is 0 Å². The zero-order chi connectivity index (χ0) is 31.5. The molecule has 0 aliphatic carbocycles. The molecular formula is C33H29BrCl2N2O5S. The van der Waals surface area contributed by atoms with Gasteiger partial charge >= 0.3 is 5.97 Å². The first kappa shape index (κ1) is 32.0. The summed E-state index contributed by atoms with van der Waals surface area (Å²) in [6.07, 6.45) is 1.79. The highest BCUT2D eigenvalue weighted by Gasteiger charge is 2.33. The van der Waals surface area contributed by atoms with Crippen molar-refractivity contribution in [1.82, 2.24) is 4.57 Å². The smallest absolute Gasteiger partial charge is 0.338 e. The molecule has 0 saturated carbocycles. The van der Waals surface area contributed by atoms with Crippen molar-refractivity contribution in [3.8, 4) is 11.5 Å². The minimum absolute atomic E-state index is 0.213. The van der Waals surface area contributed by atoms with Crippen molar-refractivity contribution >= 4 is 62.5 Å². The van der Waals surface area contributed by atoms with E-state index >= 15 is 0 Å². The van der Waals surface area contributed by atoms with Gasteiger partial charge in [-0.25, -0.2) is 9.79 Å². The quantitative estimate of drug-likeness (QED) is 0.172. The predicted octanol–water partition coefficient (Wildman–Crippen LogP) is 7.15. The molecule has 1 aliphatic heterocycles. The van der Waals surface area contributed by atoms with Gasteiger partial charge in [-0.1, -0.05) is 70.4 Å². The fourth-order valence-corrected chi connectivity index (χ4v) is 6.81. The van der Waals surface area contributed by atoms with Gasteiger partial charge in [0, 0.05) is 0 Å². The average Bonchev–Trinajstić information content (AvgIpc) is 3.28. The van der Waals surface area contributed by atoms with Crippen LogP contribution in [-0.4, -0.2) is 23.8 Å². The Balaban J connectivity index is 1.57. The summed E-state index contributed by atoms with van der Waals surface area (Å²) in [5, 5.41) is 0.918. The summed E-state index contributed by atoms with van der Waals surface area (Å²) >= 11 is 17.1. The number of carbonyl (C=O) groups excluding carboxylic acids is 1. The second-order valence-corrected chi connectivity index (χ2v) is 12.7. The third kappa shape index (κ3) is 6.66. The van der Waals surface area contributed by atoms with Gasteiger partial charge in [0.05, 0.1) is 49.6 Å². The number of fused-ring (bicyclic) bond motifs is 1. The lowest BCUT2D eigenvalue weighted by Gasteiger charge is -2.24. The lowest BCUT2D eigenvalue weighted by Crippen LogP contribution is -2.39. The van der Waals surface area contributed by atoms with Crippen LogP contribution in [0.25, 0.3) is 6.08 Å². The third-order valence-corrected chi connectivity index (χ3v) is 9.22. The fraction of sp³-hybridized carbons (Fsp3) is 0.242. The number of halogens is 3. The monoisotopic (exact) mass is 714 g/mol. The summed E-state index contributed by atoms with van der Waals surface area (Å²) in [7, 11) is 0. The zero-order valence-electron chi connectivity index (χ0n) is 24.4. The molecule has 1 aromatic heterocycles. The van der Waals surface area contributed by atoms with Crippen LogP contribution in [-0.2, 0) is 16.1 Å². The van der Waals surface area contributed by atoms with Gasteiger partial charge in [-0.05, 0) is 90.7 Å². The Bertz CT molecular complexity index is 1950. The van der Waals surface area contributed by atoms with Crippen LogP contribution in [0.15, 0.2) is 80.1 Å². The van der Waals surface area contributed by atoms with E-state index in [0.717, 1.165) is 22.3 Å². The van der Waals surface area contributed by atoms with Crippen molar-refractivity contribution in [1.29, 1.82) is 0 Å². The number of ether oxygens (including phenoxy) is 3. The van der Waals surface area contributed by atoms with Crippen molar-refractivity contribution in [2.45, 2.75) is 40.3 Å². The second kappa shape index (κ2) is 13.7. The molecule has 3 aromatic carbocycles. The number of allylic oxidation sites excluding steroid dienone is 1. The molecule has 5 rings (SSSR count). The Morgan fingerprint density at radius 3 is 2.45 bits per heavy atom. The van der Waals surface area contributed by atoms with Crippen LogP contribution in [0.3, 0.4) is 0 Å². The lowest BCUT2D eigenvalue weighted by molar-refractivity contribution is -0.139. The molecule has 4 aromatic rings. The first-order chi connectivity index (χ1) is 21.1. The summed E-state index contributed by atoms with van der Waals surface area (Å²) in [4.78, 5) is 32.3. The van der Waals surface area contributed by atoms with Gasteiger partial charge < -0.3 is 14.2 Å². The predicted molar refractivity (Wildman–Crippen MR) is 178 cm³/mol. The molecule has 0 radical (unpaired) electrons. The van der Waals surface area contributed by atoms with Crippen molar-refractivity contribution in [2.75, 3.05) is 13.2 Å². The molecule has 2 heterocycles. The summed E-state index contributed by atoms with van der Waals surface area (Å²) in [6, 6.07) is 16.1. The lowest BCUT2D eigenvalue weighted by atomic mass is 9.95. The molecule has 0 spiro atoms. The molecule has 11 heteroatoms. The number of hydrogen-bond donors (Lipinski definition) is 0. The summed E-state index contributed by atoms with van der Waals surface area (Å²) in [5.74, 6) is 0.542. The SMILES string of the molecule is CCOC(=O)C1=C(C)N=c2s/c(=C\c3cc(Br)c(OCc4ccc(Cl)c(Cl)c4)c(OCC)c3)c(=O)n2[C@@H]1c1ccc(C)cc1. The normalized spacial score (nSPS) is 14.7. The third-order valence-electron chi connectivity index (χ3n) is 6.91. The van der Waals surface area contributed by atoms with Crippen LogP contribution in [0.1, 0.15) is 49.1 Å². The molecule has 1 atom stereocenters. The molecule has 0 unspecified atom stereocenters. The van der Waals surface area contributed by atoms with Gasteiger partial charge in [-0.3, -0.25) is 9.36 Å². The number of nitrogens with zero attached hydrogens (tertiary/aromatic N) is 2. The highest BCUT2D eigenvalue weighted by Crippen LogP contribution is 2.38. The van der Waals surface area contributed by atoms with Crippen LogP contribution in [0, 0.1) is 6.92 Å². The molecule has 7 nitrogen and oxygen atoms in total. The Morgan fingerprint density at radius 2 is 1.77 bits per heavy atom. The minimum atomic E-state index is -0.670. The van der Waals surface area contributed by atoms with Crippen LogP contribution >= 0.6 is 50.5 Å². The molecule has 1 aliphatic rings. The molecule has 0 amide bonds. The number of hydrogen-bond acceptors (Lipinski definition) is 7. The first-order valence-corrected chi connectivity index (χ1v) is 16.3. The van der Waals surface area contributed by atoms with E-state index in [0.29, 0.717) is 53.2 Å². The van der Waals surface area contributed by atoms with Crippen molar-refractivity contribution in [3.63, 3.8) is 0 Å². The minimum Gasteiger partial charge on any atom is -0.490 e. The van der Waals surface area contributed by atoms with Gasteiger partial charge in [0.25, 0.3) is 5.56 Å². The van der Waals surface area contributed by atoms with E-state index in [2.05, 4.69) is 20.9 Å². The Morgan fingerprint density at radius 1 is 1.02 bits per heavy atom. The maximum absolute atomic E-state index is 14.0. The van der Waals surface area contributed by atoms with Crippen LogP contribution < -0.4 is 24.4 Å². The Labute approximate surface area is 277 Å². The van der Waals surface area contributed by atoms with Crippen LogP contribution in [0.4, 0.5) is 0 Å². The van der Waals surface area contributed by atoms with Gasteiger partial charge in [0.1, 0.15) is 6.61 Å². The van der Waals surface area contributed by atoms with Gasteiger partial charge in [-0.15, -0.1) is 0 Å². The summed E-state index contributed by atoms with van der Waals surface area (Å²) < 4.78 is 20.1. The molecule has 228 valence electrons. The molecule has 0 saturated heterocycles. The number of carbonyl (C=O) groups is 1. The van der Waals surface area contributed by atoms with Crippen molar-refractivity contribution in [2.24, 2.45) is 4.99 Å². The largest absolute Gasteiger partial charge is 0.490 e. The molecular weight excluding hydrogens is 687 g/mol. The number of benzene rings is 3. The highest BCUT2D eigenvalue weighted by atomic mass is 79.9. The molecule has 0 N–H and O–H groups in total. The van der Waals surface area contributed by atoms with E-state index in [4.69, 9.17) is 37.4 Å². The van der Waals surface area contributed by atoms with E-state index < -0.39 is 12.0 Å². The zero-order valence-corrected chi connectivity index (χ0v) is 28.4. The maximum Gasteiger partial charge on any atom is 0.338 e. The number of esters is 1. The topological polar surface area (TPSA) is 79.1 Å². The van der Waals surface area contributed by atoms with Crippen LogP contribution in [0.2, 0.25) is 10.0 Å². The molecule has 0 bridgehead atoms. The standard InChI is InChI=1S/C33H29BrCl2N2O5S/c1-5-41-26-15-21(13-23(34)30(26)43-17-20-9-12-24(35)25(36)14-20)16-27-31(39)38-29(22-10-7-18(3)8-11-22)28(32(40)42-6-2)19(4)37-33(38)44-27/h7-16,29H,5-6,17H2,1-4H3/b27-16-/t29-/m1/s1. The second-order valence-electron chi connectivity index (χ2n) is 10.0. The van der Waals surface area contributed by atoms with E-state index in [1.807, 2.05) is 56.3 Å². The summed E-state index contributed by atoms with van der Waals surface area (Å²) in [5.41, 5.74) is 4.04. The van der Waals surface area contributed by atoms with E-state index in [-0.39, 0.29) is 18.8 Å². The fourth-order valence-electron chi connectivity index (χ4n) is 4.87. The highest BCUT2D eigenvalue weighted by molar-refractivity contribution is 9.10. The Hall–Kier alpha value is -3.37. The number of aromatic nitrogens is 1. The summed E-state index contributed by atoms with van der Waals surface area (Å²) in [6.45, 7) is 8.26. The van der Waals surface area contributed by atoms with Crippen molar-refractivity contribution in [3.05, 3.63) is 122 Å². The van der Waals surface area contributed by atoms with E-state index in [9.17, 15) is 9.59 Å². The van der Waals surface area contributed by atoms with E-state index in [1.165, 1.54) is 11.3 Å². The molecule has 0 fully saturated rings. The van der Waals surface area contributed by atoms with E-state index in [1.54, 1.807) is 36.6 Å². The maximum atomic E-state index is 14.0.